The van der Waals surface area contributed by atoms with Crippen molar-refractivity contribution in [3.8, 4) is 0 Å². The number of hydrogen-bond acceptors (Lipinski definition) is 12. The minimum atomic E-state index is -1.07. The first-order valence-corrected chi connectivity index (χ1v) is 36.2. The Kier molecular flexibility index (Phi) is 87.6. The quantitative estimate of drug-likeness (QED) is 0.0328. The average Bonchev–Trinajstić information content (AvgIpc) is 3.46. The van der Waals surface area contributed by atoms with Gasteiger partial charge in [-0.05, 0) is 77.0 Å². The normalized spacial score (nSPS) is 12.3. The number of unbranched alkanes of at least 4 members (excludes halogenated alkanes) is 44. The van der Waals surface area contributed by atoms with E-state index in [1.807, 2.05) is 0 Å². The van der Waals surface area contributed by atoms with E-state index in [0.717, 1.165) is 77.0 Å². The molecule has 0 aliphatic carbocycles. The minimum absolute atomic E-state index is 0. The van der Waals surface area contributed by atoms with Crippen LogP contribution in [0.5, 0.6) is 0 Å². The van der Waals surface area contributed by atoms with Crippen molar-refractivity contribution in [3.63, 3.8) is 0 Å². The van der Waals surface area contributed by atoms with Gasteiger partial charge >= 0.3 is 0 Å². The molecule has 0 amide bonds. The summed E-state index contributed by atoms with van der Waals surface area (Å²) in [4.78, 5) is 41.0. The zero-order valence-electron chi connectivity index (χ0n) is 56.3. The Morgan fingerprint density at radius 3 is 0.424 bits per heavy atom. The standard InChI is InChI=1S/4C18H36O3.Pb/c4*1-2-3-4-5-6-7-8-9-10-11-12-13-14-17(19)15-16-18(20)21;/h4*17,19H,2-16H2,1H3,(H,20,21);/p-4. The minimum Gasteiger partial charge on any atom is -0.550 e. The second-order valence-electron chi connectivity index (χ2n) is 25.0. The van der Waals surface area contributed by atoms with Gasteiger partial charge in [-0.1, -0.05) is 336 Å². The molecule has 0 rings (SSSR count). The summed E-state index contributed by atoms with van der Waals surface area (Å²) in [6.07, 6.45) is 64.9. The first-order chi connectivity index (χ1) is 40.7. The number of aliphatic hydroxyl groups excluding tert-OH is 4. The van der Waals surface area contributed by atoms with Crippen LogP contribution in [0, 0.1) is 0 Å². The molecule has 0 aromatic carbocycles. The summed E-state index contributed by atoms with van der Waals surface area (Å²) in [5.41, 5.74) is 0. The number of rotatable bonds is 64. The molecule has 4 radical (unpaired) electrons. The third-order valence-corrected chi connectivity index (χ3v) is 16.3. The molecule has 0 saturated heterocycles. The maximum Gasteiger partial charge on any atom is 0.0543 e. The summed E-state index contributed by atoms with van der Waals surface area (Å²) in [7, 11) is 0. The van der Waals surface area contributed by atoms with Crippen molar-refractivity contribution in [2.24, 2.45) is 0 Å². The van der Waals surface area contributed by atoms with Gasteiger partial charge in [-0.3, -0.25) is 0 Å². The van der Waals surface area contributed by atoms with Gasteiger partial charge < -0.3 is 60.0 Å². The van der Waals surface area contributed by atoms with Crippen LogP contribution in [-0.2, 0) is 19.2 Å². The fourth-order valence-electron chi connectivity index (χ4n) is 10.6. The van der Waals surface area contributed by atoms with Gasteiger partial charge in [-0.25, -0.2) is 0 Å². The van der Waals surface area contributed by atoms with Crippen LogP contribution >= 0.6 is 0 Å². The van der Waals surface area contributed by atoms with Crippen LogP contribution < -0.4 is 20.4 Å². The second kappa shape index (κ2) is 80.7. The first kappa shape index (κ1) is 92.4. The van der Waals surface area contributed by atoms with Crippen LogP contribution in [0.4, 0.5) is 0 Å². The van der Waals surface area contributed by atoms with E-state index in [2.05, 4.69) is 27.7 Å². The van der Waals surface area contributed by atoms with Crippen LogP contribution in [0.15, 0.2) is 0 Å². The molecule has 0 aromatic rings. The van der Waals surface area contributed by atoms with E-state index in [-0.39, 0.29) is 53.0 Å². The molecule has 0 aliphatic rings. The van der Waals surface area contributed by atoms with Crippen molar-refractivity contribution in [2.45, 2.75) is 437 Å². The third-order valence-electron chi connectivity index (χ3n) is 16.3. The van der Waals surface area contributed by atoms with Crippen molar-refractivity contribution in [1.29, 1.82) is 0 Å². The first-order valence-electron chi connectivity index (χ1n) is 36.2. The van der Waals surface area contributed by atoms with Gasteiger partial charge in [0.05, 0.1) is 24.4 Å². The number of hydrogen-bond donors (Lipinski definition) is 4. The Balaban J connectivity index is -0.000000333. The van der Waals surface area contributed by atoms with Crippen LogP contribution in [0.1, 0.15) is 413 Å². The second-order valence-corrected chi connectivity index (χ2v) is 25.0. The number of aliphatic hydroxyl groups is 4. The van der Waals surface area contributed by atoms with Gasteiger partial charge in [0.15, 0.2) is 0 Å². The summed E-state index contributed by atoms with van der Waals surface area (Å²) in [5, 5.41) is 79.3. The predicted molar refractivity (Wildman–Crippen MR) is 350 cm³/mol. The van der Waals surface area contributed by atoms with Crippen LogP contribution in [0.3, 0.4) is 0 Å². The average molecular weight is 1410 g/mol. The van der Waals surface area contributed by atoms with Gasteiger partial charge in [0.1, 0.15) is 0 Å². The molecule has 0 bridgehead atoms. The van der Waals surface area contributed by atoms with E-state index in [1.54, 1.807) is 0 Å². The zero-order chi connectivity index (χ0) is 63.0. The maximum absolute atomic E-state index is 10.3. The van der Waals surface area contributed by atoms with Gasteiger partial charge in [0.25, 0.3) is 0 Å². The SMILES string of the molecule is CCCCCCCCCCCCCCC(O)CCC(=O)[O-].CCCCCCCCCCCCCCC(O)CCC(=O)[O-].CCCCCCCCCCCCCCC(O)CCC(=O)[O-].CCCCCCCCCCCCCCC(O)CCC(=O)[O-].[Pb]. The molecule has 0 saturated carbocycles. The van der Waals surface area contributed by atoms with Crippen molar-refractivity contribution in [3.05, 3.63) is 0 Å². The molecule has 0 aliphatic heterocycles. The monoisotopic (exact) mass is 1410 g/mol. The molecule has 4 N–H and O–H groups in total. The summed E-state index contributed by atoms with van der Waals surface area (Å²) < 4.78 is 0. The number of carboxylic acid groups (broad SMARTS) is 4. The molecular formula is C72H140O12Pb-4. The van der Waals surface area contributed by atoms with Crippen molar-refractivity contribution >= 4 is 51.2 Å². The van der Waals surface area contributed by atoms with Crippen LogP contribution in [0.25, 0.3) is 0 Å². The molecule has 13 heteroatoms. The van der Waals surface area contributed by atoms with Gasteiger partial charge in [0.2, 0.25) is 0 Å². The van der Waals surface area contributed by atoms with E-state index in [0.29, 0.717) is 25.7 Å². The van der Waals surface area contributed by atoms with E-state index in [1.165, 1.54) is 257 Å². The summed E-state index contributed by atoms with van der Waals surface area (Å²) in [6.45, 7) is 9.01. The maximum atomic E-state index is 10.3. The Hall–Kier alpha value is -1.36. The number of carbonyl (C=O) groups excluding carboxylic acids is 4. The molecule has 0 aromatic heterocycles. The molecule has 12 nitrogen and oxygen atoms in total. The van der Waals surface area contributed by atoms with E-state index >= 15 is 0 Å². The summed E-state index contributed by atoms with van der Waals surface area (Å²) in [5.74, 6) is -4.26. The molecule has 4 unspecified atom stereocenters. The van der Waals surface area contributed by atoms with Crippen molar-refractivity contribution in [1.82, 2.24) is 0 Å². The number of carboxylic acids is 4. The summed E-state index contributed by atoms with van der Waals surface area (Å²) >= 11 is 0. The number of aliphatic carboxylic acids is 4. The molecule has 0 heterocycles. The van der Waals surface area contributed by atoms with Gasteiger partial charge in [-0.2, -0.15) is 0 Å². The zero-order valence-corrected chi connectivity index (χ0v) is 60.2. The van der Waals surface area contributed by atoms with Gasteiger partial charge in [0, 0.05) is 51.2 Å². The van der Waals surface area contributed by atoms with Gasteiger partial charge in [-0.15, -0.1) is 0 Å². The Bertz CT molecular complexity index is 1110. The fourth-order valence-corrected chi connectivity index (χ4v) is 10.6. The third kappa shape index (κ3) is 96.5. The van der Waals surface area contributed by atoms with E-state index in [4.69, 9.17) is 0 Å². The number of carbonyl (C=O) groups is 4. The molecule has 0 fully saturated rings. The van der Waals surface area contributed by atoms with Crippen LogP contribution in [-0.4, -0.2) is 96.0 Å². The largest absolute Gasteiger partial charge is 0.550 e. The molecule has 0 spiro atoms. The molecule has 85 heavy (non-hydrogen) atoms. The van der Waals surface area contributed by atoms with Crippen LogP contribution in [0.2, 0.25) is 0 Å². The van der Waals surface area contributed by atoms with E-state index < -0.39 is 48.3 Å². The van der Waals surface area contributed by atoms with Crippen molar-refractivity contribution in [2.75, 3.05) is 0 Å². The molecular weight excluding hydrogens is 1260 g/mol. The Morgan fingerprint density at radius 1 is 0.212 bits per heavy atom. The molecule has 4 atom stereocenters. The van der Waals surface area contributed by atoms with Crippen molar-refractivity contribution < 1.29 is 60.0 Å². The smallest absolute Gasteiger partial charge is 0.0543 e. The molecule has 508 valence electrons. The Labute approximate surface area is 545 Å². The predicted octanol–water partition coefficient (Wildman–Crippen LogP) is 15.5. The fraction of sp³-hybridized carbons (Fsp3) is 0.944. The Morgan fingerprint density at radius 2 is 0.318 bits per heavy atom. The summed E-state index contributed by atoms with van der Waals surface area (Å²) in [6, 6.07) is 0. The topological polar surface area (TPSA) is 241 Å². The van der Waals surface area contributed by atoms with E-state index in [9.17, 15) is 60.0 Å².